The maximum atomic E-state index is 11.9. The van der Waals surface area contributed by atoms with Crippen molar-refractivity contribution in [2.75, 3.05) is 6.61 Å². The Labute approximate surface area is 136 Å². The number of carbonyl (C=O) groups is 1. The highest BCUT2D eigenvalue weighted by Crippen LogP contribution is 2.13. The van der Waals surface area contributed by atoms with Gasteiger partial charge in [0, 0.05) is 18.0 Å². The number of rotatable bonds is 7. The molecule has 22 heavy (non-hydrogen) atoms. The van der Waals surface area contributed by atoms with Gasteiger partial charge in [-0.25, -0.2) is 0 Å². The second kappa shape index (κ2) is 8.44. The van der Waals surface area contributed by atoms with Gasteiger partial charge >= 0.3 is 0 Å². The quantitative estimate of drug-likeness (QED) is 0.838. The first-order valence-corrected chi connectivity index (χ1v) is 7.78. The number of hydrogen-bond donors (Lipinski definition) is 1. The molecule has 0 bridgehead atoms. The van der Waals surface area contributed by atoms with Crippen molar-refractivity contribution in [1.29, 1.82) is 0 Å². The first kappa shape index (κ1) is 16.4. The summed E-state index contributed by atoms with van der Waals surface area (Å²) in [4.78, 5) is 11.9. The van der Waals surface area contributed by atoms with E-state index in [2.05, 4.69) is 5.32 Å². The topological polar surface area (TPSA) is 38.3 Å². The minimum absolute atomic E-state index is 0.0387. The summed E-state index contributed by atoms with van der Waals surface area (Å²) < 4.78 is 5.44. The van der Waals surface area contributed by atoms with Crippen molar-refractivity contribution in [3.05, 3.63) is 64.7 Å². The Kier molecular flexibility index (Phi) is 6.28. The van der Waals surface area contributed by atoms with Gasteiger partial charge in [-0.05, 0) is 48.7 Å². The first-order valence-electron chi connectivity index (χ1n) is 7.40. The van der Waals surface area contributed by atoms with Crippen molar-refractivity contribution in [3.8, 4) is 5.75 Å². The zero-order valence-electron chi connectivity index (χ0n) is 12.6. The van der Waals surface area contributed by atoms with Crippen LogP contribution in [0.1, 0.15) is 24.5 Å². The molecule has 0 fully saturated rings. The molecular formula is C18H20ClNO2. The highest BCUT2D eigenvalue weighted by Gasteiger charge is 2.03. The van der Waals surface area contributed by atoms with Crippen LogP contribution < -0.4 is 10.1 Å². The lowest BCUT2D eigenvalue weighted by atomic mass is 10.1. The van der Waals surface area contributed by atoms with Gasteiger partial charge in [-0.2, -0.15) is 0 Å². The summed E-state index contributed by atoms with van der Waals surface area (Å²) in [7, 11) is 0. The van der Waals surface area contributed by atoms with E-state index in [1.807, 2.05) is 55.5 Å². The van der Waals surface area contributed by atoms with Crippen molar-refractivity contribution >= 4 is 17.5 Å². The molecule has 0 aliphatic heterocycles. The van der Waals surface area contributed by atoms with Gasteiger partial charge in [0.1, 0.15) is 5.75 Å². The van der Waals surface area contributed by atoms with Gasteiger partial charge in [0.15, 0.2) is 0 Å². The third-order valence-corrected chi connectivity index (χ3v) is 3.51. The Morgan fingerprint density at radius 2 is 1.91 bits per heavy atom. The fourth-order valence-electron chi connectivity index (χ4n) is 2.11. The van der Waals surface area contributed by atoms with Crippen LogP contribution in [-0.2, 0) is 17.8 Å². The summed E-state index contributed by atoms with van der Waals surface area (Å²) in [6.07, 6.45) is 1.18. The van der Waals surface area contributed by atoms with Gasteiger partial charge < -0.3 is 10.1 Å². The molecule has 0 aliphatic rings. The Morgan fingerprint density at radius 3 is 2.64 bits per heavy atom. The molecule has 3 nitrogen and oxygen atoms in total. The molecular weight excluding hydrogens is 298 g/mol. The summed E-state index contributed by atoms with van der Waals surface area (Å²) in [6, 6.07) is 15.3. The molecule has 0 aliphatic carbocycles. The van der Waals surface area contributed by atoms with Gasteiger partial charge in [-0.3, -0.25) is 4.79 Å². The number of benzene rings is 2. The molecule has 0 radical (unpaired) electrons. The molecule has 116 valence electrons. The minimum Gasteiger partial charge on any atom is -0.494 e. The number of halogens is 1. The van der Waals surface area contributed by atoms with Crippen LogP contribution in [0.2, 0.25) is 5.02 Å². The molecule has 0 aromatic heterocycles. The average Bonchev–Trinajstić information content (AvgIpc) is 2.53. The summed E-state index contributed by atoms with van der Waals surface area (Å²) in [6.45, 7) is 3.10. The largest absolute Gasteiger partial charge is 0.494 e. The van der Waals surface area contributed by atoms with E-state index in [-0.39, 0.29) is 5.91 Å². The van der Waals surface area contributed by atoms with Gasteiger partial charge in [0.25, 0.3) is 0 Å². The van der Waals surface area contributed by atoms with Crippen LogP contribution in [0.5, 0.6) is 5.75 Å². The molecule has 2 aromatic rings. The van der Waals surface area contributed by atoms with Crippen molar-refractivity contribution in [2.45, 2.75) is 26.3 Å². The zero-order chi connectivity index (χ0) is 15.8. The van der Waals surface area contributed by atoms with Gasteiger partial charge in [0.2, 0.25) is 5.91 Å². The zero-order valence-corrected chi connectivity index (χ0v) is 13.4. The molecule has 2 rings (SSSR count). The maximum Gasteiger partial charge on any atom is 0.220 e. The lowest BCUT2D eigenvalue weighted by Gasteiger charge is -2.08. The maximum absolute atomic E-state index is 11.9. The molecule has 0 saturated carbocycles. The van der Waals surface area contributed by atoms with E-state index in [1.165, 1.54) is 0 Å². The van der Waals surface area contributed by atoms with Crippen molar-refractivity contribution in [3.63, 3.8) is 0 Å². The van der Waals surface area contributed by atoms with E-state index in [1.54, 1.807) is 0 Å². The van der Waals surface area contributed by atoms with Gasteiger partial charge in [-0.1, -0.05) is 35.9 Å². The highest BCUT2D eigenvalue weighted by atomic mass is 35.5. The van der Waals surface area contributed by atoms with Crippen LogP contribution >= 0.6 is 11.6 Å². The molecule has 2 aromatic carbocycles. The second-order valence-corrected chi connectivity index (χ2v) is 5.42. The summed E-state index contributed by atoms with van der Waals surface area (Å²) in [5, 5.41) is 3.64. The minimum atomic E-state index is 0.0387. The van der Waals surface area contributed by atoms with E-state index in [0.717, 1.165) is 16.9 Å². The van der Waals surface area contributed by atoms with Crippen LogP contribution in [0.25, 0.3) is 0 Å². The molecule has 0 saturated heterocycles. The third kappa shape index (κ3) is 5.41. The van der Waals surface area contributed by atoms with Gasteiger partial charge in [-0.15, -0.1) is 0 Å². The highest BCUT2D eigenvalue weighted by molar-refractivity contribution is 6.30. The monoisotopic (exact) mass is 317 g/mol. The van der Waals surface area contributed by atoms with E-state index >= 15 is 0 Å². The molecule has 0 unspecified atom stereocenters. The number of carbonyl (C=O) groups excluding carboxylic acids is 1. The second-order valence-electron chi connectivity index (χ2n) is 4.98. The molecule has 0 spiro atoms. The predicted molar refractivity (Wildman–Crippen MR) is 89.2 cm³/mol. The molecule has 0 heterocycles. The Balaban J connectivity index is 1.77. The fraction of sp³-hybridized carbons (Fsp3) is 0.278. The number of nitrogens with one attached hydrogen (secondary N) is 1. The number of amides is 1. The fourth-order valence-corrected chi connectivity index (χ4v) is 2.24. The molecule has 1 N–H and O–H groups in total. The van der Waals surface area contributed by atoms with Crippen LogP contribution in [0, 0.1) is 0 Å². The van der Waals surface area contributed by atoms with E-state index in [9.17, 15) is 4.79 Å². The predicted octanol–water partition coefficient (Wildman–Crippen LogP) is 3.99. The molecule has 0 atom stereocenters. The summed E-state index contributed by atoms with van der Waals surface area (Å²) in [5.74, 6) is 0.868. The van der Waals surface area contributed by atoms with Crippen molar-refractivity contribution < 1.29 is 9.53 Å². The van der Waals surface area contributed by atoms with Crippen LogP contribution in [0.15, 0.2) is 48.5 Å². The number of aryl methyl sites for hydroxylation is 1. The van der Waals surface area contributed by atoms with Crippen LogP contribution in [0.3, 0.4) is 0 Å². The molecule has 4 heteroatoms. The van der Waals surface area contributed by atoms with Crippen LogP contribution in [0.4, 0.5) is 0 Å². The summed E-state index contributed by atoms with van der Waals surface area (Å²) in [5.41, 5.74) is 2.14. The summed E-state index contributed by atoms with van der Waals surface area (Å²) >= 11 is 5.84. The lowest BCUT2D eigenvalue weighted by Crippen LogP contribution is -2.23. The normalized spacial score (nSPS) is 10.3. The van der Waals surface area contributed by atoms with Crippen molar-refractivity contribution in [2.24, 2.45) is 0 Å². The van der Waals surface area contributed by atoms with Crippen molar-refractivity contribution in [1.82, 2.24) is 5.32 Å². The average molecular weight is 318 g/mol. The van der Waals surface area contributed by atoms with E-state index in [0.29, 0.717) is 31.0 Å². The standard InChI is InChI=1S/C18H20ClNO2/c1-2-22-17-5-3-4-15(12-17)13-20-18(21)11-8-14-6-9-16(19)10-7-14/h3-7,9-10,12H,2,8,11,13H2,1H3,(H,20,21). The molecule has 1 amide bonds. The van der Waals surface area contributed by atoms with Gasteiger partial charge in [0.05, 0.1) is 6.61 Å². The Bertz CT molecular complexity index is 611. The number of ether oxygens (including phenoxy) is 1. The Morgan fingerprint density at radius 1 is 1.14 bits per heavy atom. The van der Waals surface area contributed by atoms with E-state index in [4.69, 9.17) is 16.3 Å². The Hall–Kier alpha value is -2.00. The van der Waals surface area contributed by atoms with Crippen LogP contribution in [-0.4, -0.2) is 12.5 Å². The smallest absolute Gasteiger partial charge is 0.220 e. The first-order chi connectivity index (χ1) is 10.7. The SMILES string of the molecule is CCOc1cccc(CNC(=O)CCc2ccc(Cl)cc2)c1. The third-order valence-electron chi connectivity index (χ3n) is 3.25. The number of hydrogen-bond acceptors (Lipinski definition) is 2. The van der Waals surface area contributed by atoms with E-state index < -0.39 is 0 Å². The lowest BCUT2D eigenvalue weighted by molar-refractivity contribution is -0.121.